The molecule has 0 N–H and O–H groups in total. The lowest BCUT2D eigenvalue weighted by Crippen LogP contribution is -2.55. The Morgan fingerprint density at radius 1 is 1.13 bits per heavy atom. The number of ether oxygens (including phenoxy) is 1. The predicted molar refractivity (Wildman–Crippen MR) is 119 cm³/mol. The number of benzene rings is 2. The first-order chi connectivity index (χ1) is 15.1. The van der Waals surface area contributed by atoms with E-state index in [9.17, 15) is 9.18 Å². The van der Waals surface area contributed by atoms with Crippen LogP contribution in [0.5, 0.6) is 0 Å². The van der Waals surface area contributed by atoms with Crippen molar-refractivity contribution in [2.24, 2.45) is 0 Å². The molecule has 6 nitrogen and oxygen atoms in total. The summed E-state index contributed by atoms with van der Waals surface area (Å²) in [4.78, 5) is 21.3. The van der Waals surface area contributed by atoms with Gasteiger partial charge < -0.3 is 14.5 Å². The van der Waals surface area contributed by atoms with E-state index in [0.717, 1.165) is 22.1 Å². The van der Waals surface area contributed by atoms with Crippen molar-refractivity contribution < 1.29 is 13.9 Å². The highest BCUT2D eigenvalue weighted by Crippen LogP contribution is 2.22. The van der Waals surface area contributed by atoms with E-state index in [-0.39, 0.29) is 24.4 Å². The highest BCUT2D eigenvalue weighted by atomic mass is 32.1. The minimum absolute atomic E-state index is 0.0114. The van der Waals surface area contributed by atoms with Crippen molar-refractivity contribution in [3.8, 4) is 0 Å². The van der Waals surface area contributed by atoms with Gasteiger partial charge in [0.2, 0.25) is 11.0 Å². The zero-order chi connectivity index (χ0) is 21.6. The minimum Gasteiger partial charge on any atom is -0.367 e. The lowest BCUT2D eigenvalue weighted by atomic mass is 10.1. The van der Waals surface area contributed by atoms with Crippen molar-refractivity contribution in [2.75, 3.05) is 31.1 Å². The maximum absolute atomic E-state index is 13.1. The molecule has 3 aromatic rings. The number of anilines is 1. The van der Waals surface area contributed by atoms with Crippen LogP contribution >= 0.6 is 11.5 Å². The fourth-order valence-corrected chi connectivity index (χ4v) is 4.36. The van der Waals surface area contributed by atoms with Gasteiger partial charge in [-0.25, -0.2) is 9.37 Å². The third-order valence-electron chi connectivity index (χ3n) is 5.29. The fourth-order valence-electron chi connectivity index (χ4n) is 3.65. The first kappa shape index (κ1) is 21.4. The van der Waals surface area contributed by atoms with Crippen LogP contribution in [0.1, 0.15) is 23.9 Å². The molecule has 0 radical (unpaired) electrons. The molecule has 0 spiro atoms. The molecule has 1 fully saturated rings. The Morgan fingerprint density at radius 3 is 2.65 bits per heavy atom. The van der Waals surface area contributed by atoms with E-state index >= 15 is 0 Å². The smallest absolute Gasteiger partial charge is 0.248 e. The highest BCUT2D eigenvalue weighted by Gasteiger charge is 2.29. The molecule has 1 aliphatic rings. The van der Waals surface area contributed by atoms with Crippen LogP contribution in [-0.4, -0.2) is 52.4 Å². The zero-order valence-corrected chi connectivity index (χ0v) is 18.2. The SMILES string of the molecule is CC1CN(c2nc(Cc3ccc(F)cc3)ns2)CCN1C(=O)COCc1ccccc1. The number of hydrogen-bond donors (Lipinski definition) is 0. The van der Waals surface area contributed by atoms with E-state index in [1.165, 1.54) is 23.7 Å². The number of nitrogens with zero attached hydrogens (tertiary/aromatic N) is 4. The van der Waals surface area contributed by atoms with Crippen LogP contribution in [0.2, 0.25) is 0 Å². The number of carbonyl (C=O) groups excluding carboxylic acids is 1. The zero-order valence-electron chi connectivity index (χ0n) is 17.4. The highest BCUT2D eigenvalue weighted by molar-refractivity contribution is 7.09. The number of piperazine rings is 1. The summed E-state index contributed by atoms with van der Waals surface area (Å²) in [5.74, 6) is 0.493. The van der Waals surface area contributed by atoms with Crippen LogP contribution in [0.3, 0.4) is 0 Å². The Morgan fingerprint density at radius 2 is 1.90 bits per heavy atom. The fraction of sp³-hybridized carbons (Fsp3) is 0.348. The average molecular weight is 441 g/mol. The monoisotopic (exact) mass is 440 g/mol. The molecular weight excluding hydrogens is 415 g/mol. The number of rotatable bonds is 7. The Hall–Kier alpha value is -2.84. The first-order valence-corrected chi connectivity index (χ1v) is 11.1. The van der Waals surface area contributed by atoms with Crippen LogP contribution < -0.4 is 4.90 Å². The lowest BCUT2D eigenvalue weighted by molar-refractivity contribution is -0.139. The average Bonchev–Trinajstić information content (AvgIpc) is 3.24. The third-order valence-corrected chi connectivity index (χ3v) is 6.10. The van der Waals surface area contributed by atoms with E-state index in [2.05, 4.69) is 14.3 Å². The Balaban J connectivity index is 1.27. The van der Waals surface area contributed by atoms with Gasteiger partial charge in [0.1, 0.15) is 18.2 Å². The molecule has 31 heavy (non-hydrogen) atoms. The molecule has 2 aromatic carbocycles. The van der Waals surface area contributed by atoms with Crippen molar-refractivity contribution in [3.63, 3.8) is 0 Å². The molecule has 162 valence electrons. The summed E-state index contributed by atoms with van der Waals surface area (Å²) in [5.41, 5.74) is 2.03. The van der Waals surface area contributed by atoms with Crippen molar-refractivity contribution >= 4 is 22.6 Å². The second-order valence-electron chi connectivity index (χ2n) is 7.66. The van der Waals surface area contributed by atoms with Gasteiger partial charge in [0, 0.05) is 43.6 Å². The van der Waals surface area contributed by atoms with Gasteiger partial charge in [0.05, 0.1) is 6.61 Å². The van der Waals surface area contributed by atoms with Crippen molar-refractivity contribution in [2.45, 2.75) is 26.0 Å². The summed E-state index contributed by atoms with van der Waals surface area (Å²) in [5, 5.41) is 0.858. The van der Waals surface area contributed by atoms with Crippen molar-refractivity contribution in [1.29, 1.82) is 0 Å². The second-order valence-corrected chi connectivity index (χ2v) is 8.39. The summed E-state index contributed by atoms with van der Waals surface area (Å²) in [6.07, 6.45) is 0.573. The van der Waals surface area contributed by atoms with E-state index in [1.807, 2.05) is 42.2 Å². The van der Waals surface area contributed by atoms with Crippen LogP contribution in [0.15, 0.2) is 54.6 Å². The van der Waals surface area contributed by atoms with E-state index in [1.54, 1.807) is 12.1 Å². The standard InChI is InChI=1S/C23H25FN4O2S/c1-17-14-27(23-25-21(26-31-23)13-18-7-9-20(24)10-8-18)11-12-28(17)22(29)16-30-15-19-5-3-2-4-6-19/h2-10,17H,11-16H2,1H3. The summed E-state index contributed by atoms with van der Waals surface area (Å²) in [6, 6.07) is 16.3. The Bertz CT molecular complexity index is 996. The molecule has 1 saturated heterocycles. The molecule has 0 aliphatic carbocycles. The Kier molecular flexibility index (Phi) is 6.89. The largest absolute Gasteiger partial charge is 0.367 e. The molecule has 1 aromatic heterocycles. The normalized spacial score (nSPS) is 16.5. The number of aromatic nitrogens is 2. The molecule has 8 heteroatoms. The number of halogens is 1. The summed E-state index contributed by atoms with van der Waals surface area (Å²) < 4.78 is 23.1. The molecule has 1 atom stereocenters. The molecule has 0 saturated carbocycles. The maximum atomic E-state index is 13.1. The van der Waals surface area contributed by atoms with E-state index < -0.39 is 0 Å². The van der Waals surface area contributed by atoms with E-state index in [0.29, 0.717) is 32.7 Å². The van der Waals surface area contributed by atoms with Gasteiger partial charge in [-0.3, -0.25) is 4.79 Å². The minimum atomic E-state index is -0.248. The third kappa shape index (κ3) is 5.65. The molecule has 0 bridgehead atoms. The van der Waals surface area contributed by atoms with Gasteiger partial charge in [-0.05, 0) is 30.2 Å². The van der Waals surface area contributed by atoms with E-state index in [4.69, 9.17) is 4.74 Å². The molecule has 1 amide bonds. The van der Waals surface area contributed by atoms with Gasteiger partial charge in [-0.15, -0.1) is 0 Å². The van der Waals surface area contributed by atoms with Crippen LogP contribution in [0.4, 0.5) is 9.52 Å². The summed E-state index contributed by atoms with van der Waals surface area (Å²) in [6.45, 7) is 4.60. The number of carbonyl (C=O) groups is 1. The van der Waals surface area contributed by atoms with Crippen molar-refractivity contribution in [3.05, 3.63) is 77.4 Å². The molecule has 4 rings (SSSR count). The van der Waals surface area contributed by atoms with Gasteiger partial charge in [0.15, 0.2) is 0 Å². The van der Waals surface area contributed by atoms with Gasteiger partial charge in [-0.2, -0.15) is 4.37 Å². The summed E-state index contributed by atoms with van der Waals surface area (Å²) >= 11 is 1.36. The molecular formula is C23H25FN4O2S. The predicted octanol–water partition coefficient (Wildman–Crippen LogP) is 3.52. The summed E-state index contributed by atoms with van der Waals surface area (Å²) in [7, 11) is 0. The second kappa shape index (κ2) is 9.98. The van der Waals surface area contributed by atoms with Gasteiger partial charge >= 0.3 is 0 Å². The number of amides is 1. The van der Waals surface area contributed by atoms with Crippen LogP contribution in [0, 0.1) is 5.82 Å². The lowest BCUT2D eigenvalue weighted by Gasteiger charge is -2.39. The molecule has 1 aliphatic heterocycles. The molecule has 1 unspecified atom stereocenters. The molecule has 2 heterocycles. The van der Waals surface area contributed by atoms with Gasteiger partial charge in [-0.1, -0.05) is 42.5 Å². The quantitative estimate of drug-likeness (QED) is 0.563. The first-order valence-electron chi connectivity index (χ1n) is 10.3. The van der Waals surface area contributed by atoms with Gasteiger partial charge in [0.25, 0.3) is 0 Å². The van der Waals surface area contributed by atoms with Crippen molar-refractivity contribution in [1.82, 2.24) is 14.3 Å². The Labute approximate surface area is 185 Å². The number of hydrogen-bond acceptors (Lipinski definition) is 6. The van der Waals surface area contributed by atoms with Crippen LogP contribution in [0.25, 0.3) is 0 Å². The maximum Gasteiger partial charge on any atom is 0.248 e. The van der Waals surface area contributed by atoms with Crippen LogP contribution in [-0.2, 0) is 22.6 Å². The topological polar surface area (TPSA) is 58.6 Å².